The van der Waals surface area contributed by atoms with Crippen LogP contribution in [-0.2, 0) is 9.59 Å². The minimum absolute atomic E-state index is 0.221. The predicted molar refractivity (Wildman–Crippen MR) is 114 cm³/mol. The third kappa shape index (κ3) is 3.77. The van der Waals surface area contributed by atoms with Gasteiger partial charge in [-0.3, -0.25) is 14.5 Å². The number of rotatable bonds is 5. The molecule has 1 heterocycles. The van der Waals surface area contributed by atoms with Crippen molar-refractivity contribution >= 4 is 23.5 Å². The molecular formula is C23H33N3O3. The highest BCUT2D eigenvalue weighted by Gasteiger charge is 2.55. The first-order valence-corrected chi connectivity index (χ1v) is 10.7. The van der Waals surface area contributed by atoms with Crippen molar-refractivity contribution in [3.05, 3.63) is 29.3 Å². The van der Waals surface area contributed by atoms with Crippen molar-refractivity contribution in [3.63, 3.8) is 0 Å². The summed E-state index contributed by atoms with van der Waals surface area (Å²) in [5.74, 6) is -0.0598. The Balaban J connectivity index is 1.81. The summed E-state index contributed by atoms with van der Waals surface area (Å²) in [6.07, 6.45) is 4.31. The van der Waals surface area contributed by atoms with Crippen LogP contribution < -0.4 is 5.32 Å². The van der Waals surface area contributed by atoms with Gasteiger partial charge in [0.05, 0.1) is 0 Å². The van der Waals surface area contributed by atoms with E-state index in [0.29, 0.717) is 12.8 Å². The van der Waals surface area contributed by atoms with Gasteiger partial charge in [-0.25, -0.2) is 4.79 Å². The van der Waals surface area contributed by atoms with Gasteiger partial charge in [-0.2, -0.15) is 0 Å². The highest BCUT2D eigenvalue weighted by atomic mass is 16.2. The zero-order valence-electron chi connectivity index (χ0n) is 18.2. The van der Waals surface area contributed by atoms with Crippen LogP contribution in [0.2, 0.25) is 0 Å². The predicted octanol–water partition coefficient (Wildman–Crippen LogP) is 4.47. The molecule has 0 atom stereocenters. The van der Waals surface area contributed by atoms with Crippen molar-refractivity contribution in [2.24, 2.45) is 0 Å². The first kappa shape index (κ1) is 21.3. The molecule has 1 spiro atoms. The van der Waals surface area contributed by atoms with Crippen molar-refractivity contribution in [3.8, 4) is 0 Å². The first-order chi connectivity index (χ1) is 13.7. The van der Waals surface area contributed by atoms with E-state index in [1.807, 2.05) is 18.2 Å². The lowest BCUT2D eigenvalue weighted by Crippen LogP contribution is -2.49. The summed E-state index contributed by atoms with van der Waals surface area (Å²) in [6, 6.07) is 5.68. The van der Waals surface area contributed by atoms with Gasteiger partial charge in [-0.1, -0.05) is 65.2 Å². The number of anilines is 1. The zero-order valence-corrected chi connectivity index (χ0v) is 18.2. The number of hydrogen-bond acceptors (Lipinski definition) is 3. The first-order valence-electron chi connectivity index (χ1n) is 10.7. The normalized spacial score (nSPS) is 19.0. The molecule has 1 aliphatic heterocycles. The Bertz CT molecular complexity index is 783. The van der Waals surface area contributed by atoms with Crippen LogP contribution in [0.3, 0.4) is 0 Å². The number of carbonyl (C=O) groups excluding carboxylic acids is 3. The molecule has 4 amide bonds. The fourth-order valence-electron chi connectivity index (χ4n) is 4.69. The van der Waals surface area contributed by atoms with Crippen LogP contribution in [0.1, 0.15) is 82.8 Å². The molecule has 1 saturated carbocycles. The Morgan fingerprint density at radius 2 is 1.59 bits per heavy atom. The fraction of sp³-hybridized carbons (Fsp3) is 0.609. The van der Waals surface area contributed by atoms with Crippen molar-refractivity contribution in [2.75, 3.05) is 18.9 Å². The van der Waals surface area contributed by atoms with Gasteiger partial charge in [-0.15, -0.1) is 0 Å². The molecule has 6 nitrogen and oxygen atoms in total. The number of likely N-dealkylation sites (N-methyl/N-ethyl adjacent to an activating group) is 1. The second-order valence-electron chi connectivity index (χ2n) is 8.99. The van der Waals surface area contributed by atoms with Crippen molar-refractivity contribution in [2.45, 2.75) is 77.2 Å². The molecule has 1 aromatic carbocycles. The SMILES string of the molecule is CC(C)c1cccc(C(C)C)c1NC(=O)CN1C(=O)N(C)C2(CCCCC2)C1=O. The van der Waals surface area contributed by atoms with Crippen LogP contribution in [0, 0.1) is 0 Å². The number of urea groups is 1. The molecule has 6 heteroatoms. The lowest BCUT2D eigenvalue weighted by molar-refractivity contribution is -0.136. The number of para-hydroxylation sites is 1. The third-order valence-corrected chi connectivity index (χ3v) is 6.42. The molecule has 0 radical (unpaired) electrons. The lowest BCUT2D eigenvalue weighted by Gasteiger charge is -2.35. The maximum atomic E-state index is 13.1. The molecule has 158 valence electrons. The van der Waals surface area contributed by atoms with Gasteiger partial charge < -0.3 is 10.2 Å². The third-order valence-electron chi connectivity index (χ3n) is 6.42. The topological polar surface area (TPSA) is 69.7 Å². The maximum Gasteiger partial charge on any atom is 0.327 e. The van der Waals surface area contributed by atoms with Crippen molar-refractivity contribution in [1.29, 1.82) is 0 Å². The number of carbonyl (C=O) groups is 3. The van der Waals surface area contributed by atoms with Crippen LogP contribution in [0.25, 0.3) is 0 Å². The fourth-order valence-corrected chi connectivity index (χ4v) is 4.69. The summed E-state index contributed by atoms with van der Waals surface area (Å²) in [7, 11) is 1.69. The Hall–Kier alpha value is -2.37. The van der Waals surface area contributed by atoms with E-state index in [9.17, 15) is 14.4 Å². The van der Waals surface area contributed by atoms with Gasteiger partial charge in [0.2, 0.25) is 5.91 Å². The molecule has 0 unspecified atom stereocenters. The average Bonchev–Trinajstić information content (AvgIpc) is 2.84. The highest BCUT2D eigenvalue weighted by Crippen LogP contribution is 2.39. The number of amides is 4. The summed E-state index contributed by atoms with van der Waals surface area (Å²) in [5.41, 5.74) is 2.17. The number of hydrogen-bond donors (Lipinski definition) is 1. The minimum atomic E-state index is -0.755. The average molecular weight is 400 g/mol. The molecule has 0 bridgehead atoms. The van der Waals surface area contributed by atoms with Crippen LogP contribution in [0.4, 0.5) is 10.5 Å². The van der Waals surface area contributed by atoms with E-state index in [1.165, 1.54) is 0 Å². The zero-order chi connectivity index (χ0) is 21.3. The number of nitrogens with zero attached hydrogens (tertiary/aromatic N) is 2. The number of imide groups is 1. The van der Waals surface area contributed by atoms with Crippen LogP contribution in [0.15, 0.2) is 18.2 Å². The van der Waals surface area contributed by atoms with Crippen LogP contribution in [-0.4, -0.2) is 46.8 Å². The van der Waals surface area contributed by atoms with E-state index in [4.69, 9.17) is 0 Å². The molecular weight excluding hydrogens is 366 g/mol. The molecule has 1 aromatic rings. The van der Waals surface area contributed by atoms with E-state index < -0.39 is 5.54 Å². The summed E-state index contributed by atoms with van der Waals surface area (Å²) in [4.78, 5) is 41.5. The Labute approximate surface area is 173 Å². The van der Waals surface area contributed by atoms with Gasteiger partial charge in [0, 0.05) is 12.7 Å². The molecule has 1 N–H and O–H groups in total. The standard InChI is InChI=1S/C23H33N3O3/c1-15(2)17-10-9-11-18(16(3)4)20(17)24-19(27)14-26-21(28)23(25(5)22(26)29)12-7-6-8-13-23/h9-11,15-16H,6-8,12-14H2,1-5H3,(H,24,27). The van der Waals surface area contributed by atoms with E-state index in [2.05, 4.69) is 33.0 Å². The van der Waals surface area contributed by atoms with Gasteiger partial charge in [0.25, 0.3) is 5.91 Å². The molecule has 3 rings (SSSR count). The largest absolute Gasteiger partial charge is 0.327 e. The van der Waals surface area contributed by atoms with Gasteiger partial charge >= 0.3 is 6.03 Å². The summed E-state index contributed by atoms with van der Waals surface area (Å²) < 4.78 is 0. The van der Waals surface area contributed by atoms with E-state index >= 15 is 0 Å². The highest BCUT2D eigenvalue weighted by molar-refractivity contribution is 6.10. The molecule has 1 saturated heterocycles. The Morgan fingerprint density at radius 1 is 1.03 bits per heavy atom. The van der Waals surface area contributed by atoms with Crippen molar-refractivity contribution < 1.29 is 14.4 Å². The van der Waals surface area contributed by atoms with Gasteiger partial charge in [-0.05, 0) is 35.8 Å². The van der Waals surface area contributed by atoms with Crippen LogP contribution in [0.5, 0.6) is 0 Å². The quantitative estimate of drug-likeness (QED) is 0.743. The van der Waals surface area contributed by atoms with Crippen LogP contribution >= 0.6 is 0 Å². The second kappa shape index (κ2) is 8.17. The molecule has 2 fully saturated rings. The number of benzene rings is 1. The minimum Gasteiger partial charge on any atom is -0.324 e. The molecule has 1 aliphatic carbocycles. The summed E-state index contributed by atoms with van der Waals surface area (Å²) in [5, 5.41) is 3.01. The summed E-state index contributed by atoms with van der Waals surface area (Å²) >= 11 is 0. The van der Waals surface area contributed by atoms with Gasteiger partial charge in [0.1, 0.15) is 12.1 Å². The molecule has 29 heavy (non-hydrogen) atoms. The Kier molecular flexibility index (Phi) is 6.01. The van der Waals surface area contributed by atoms with E-state index in [0.717, 1.165) is 41.0 Å². The van der Waals surface area contributed by atoms with Crippen molar-refractivity contribution in [1.82, 2.24) is 9.80 Å². The second-order valence-corrected chi connectivity index (χ2v) is 8.99. The van der Waals surface area contributed by atoms with Gasteiger partial charge in [0.15, 0.2) is 0 Å². The monoisotopic (exact) mass is 399 g/mol. The Morgan fingerprint density at radius 3 is 2.10 bits per heavy atom. The number of nitrogens with one attached hydrogen (secondary N) is 1. The van der Waals surface area contributed by atoms with E-state index in [1.54, 1.807) is 11.9 Å². The van der Waals surface area contributed by atoms with E-state index in [-0.39, 0.29) is 36.2 Å². The maximum absolute atomic E-state index is 13.1. The molecule has 0 aromatic heterocycles. The smallest absolute Gasteiger partial charge is 0.324 e. The lowest BCUT2D eigenvalue weighted by atomic mass is 9.81. The summed E-state index contributed by atoms with van der Waals surface area (Å²) in [6.45, 7) is 8.11. The molecule has 2 aliphatic rings.